The van der Waals surface area contributed by atoms with Gasteiger partial charge in [-0.25, -0.2) is 0 Å². The van der Waals surface area contributed by atoms with Crippen LogP contribution in [0, 0.1) is 11.8 Å². The number of hydrogen-bond donors (Lipinski definition) is 2. The van der Waals surface area contributed by atoms with Crippen LogP contribution < -0.4 is 10.7 Å². The van der Waals surface area contributed by atoms with E-state index in [1.165, 1.54) is 18.2 Å². The molecule has 0 radical (unpaired) electrons. The SMILES string of the molecule is CC(C)CC(CC(C)C)=NNC(=S)Nc1ccccc1C(F)(F)F. The summed E-state index contributed by atoms with van der Waals surface area (Å²) in [6.45, 7) is 8.36. The van der Waals surface area contributed by atoms with E-state index in [1.807, 2.05) is 0 Å². The quantitative estimate of drug-likeness (QED) is 0.403. The molecule has 3 nitrogen and oxygen atoms in total. The first kappa shape index (κ1) is 20.4. The minimum absolute atomic E-state index is 0.0386. The maximum Gasteiger partial charge on any atom is 0.418 e. The number of nitrogens with zero attached hydrogens (tertiary/aromatic N) is 1. The molecular weight excluding hydrogens is 335 g/mol. The van der Waals surface area contributed by atoms with E-state index in [1.54, 1.807) is 0 Å². The van der Waals surface area contributed by atoms with Crippen LogP contribution in [0.4, 0.5) is 18.9 Å². The molecule has 0 aliphatic heterocycles. The maximum atomic E-state index is 13.0. The number of halogens is 3. The monoisotopic (exact) mass is 359 g/mol. The Morgan fingerprint density at radius 3 is 2.12 bits per heavy atom. The normalized spacial score (nSPS) is 11.5. The molecule has 0 aliphatic carbocycles. The highest BCUT2D eigenvalue weighted by Gasteiger charge is 2.33. The van der Waals surface area contributed by atoms with E-state index in [2.05, 4.69) is 43.5 Å². The molecule has 0 saturated carbocycles. The molecule has 0 amide bonds. The molecule has 1 rings (SSSR count). The van der Waals surface area contributed by atoms with Crippen molar-refractivity contribution in [3.8, 4) is 0 Å². The number of nitrogens with one attached hydrogen (secondary N) is 2. The third kappa shape index (κ3) is 7.29. The molecule has 0 saturated heterocycles. The summed E-state index contributed by atoms with van der Waals surface area (Å²) in [6.07, 6.45) is -2.82. The zero-order valence-electron chi connectivity index (χ0n) is 14.4. The van der Waals surface area contributed by atoms with Gasteiger partial charge in [0.1, 0.15) is 0 Å². The molecule has 0 bridgehead atoms. The maximum absolute atomic E-state index is 13.0. The summed E-state index contributed by atoms with van der Waals surface area (Å²) in [5, 5.41) is 6.88. The molecule has 0 fully saturated rings. The van der Waals surface area contributed by atoms with Gasteiger partial charge in [-0.05, 0) is 49.0 Å². The van der Waals surface area contributed by atoms with Crippen molar-refractivity contribution in [3.05, 3.63) is 29.8 Å². The Labute approximate surface area is 146 Å². The van der Waals surface area contributed by atoms with E-state index >= 15 is 0 Å². The van der Waals surface area contributed by atoms with Crippen LogP contribution in [-0.2, 0) is 6.18 Å². The van der Waals surface area contributed by atoms with Crippen LogP contribution in [0.3, 0.4) is 0 Å². The summed E-state index contributed by atoms with van der Waals surface area (Å²) in [6, 6.07) is 5.21. The standard InChI is InChI=1S/C17H24F3N3S/c1-11(2)9-13(10-12(3)4)22-23-16(24)21-15-8-6-5-7-14(15)17(18,19)20/h5-8,11-12H,9-10H2,1-4H3,(H2,21,23,24). The molecule has 1 aromatic carbocycles. The molecule has 134 valence electrons. The lowest BCUT2D eigenvalue weighted by Crippen LogP contribution is -2.27. The van der Waals surface area contributed by atoms with Gasteiger partial charge in [-0.3, -0.25) is 5.43 Å². The van der Waals surface area contributed by atoms with Gasteiger partial charge in [-0.15, -0.1) is 0 Å². The van der Waals surface area contributed by atoms with Gasteiger partial charge in [0.05, 0.1) is 11.3 Å². The zero-order valence-corrected chi connectivity index (χ0v) is 15.2. The Morgan fingerprint density at radius 1 is 1.08 bits per heavy atom. The lowest BCUT2D eigenvalue weighted by molar-refractivity contribution is -0.136. The molecule has 7 heteroatoms. The lowest BCUT2D eigenvalue weighted by atomic mass is 9.99. The van der Waals surface area contributed by atoms with Gasteiger partial charge >= 0.3 is 6.18 Å². The minimum atomic E-state index is -4.44. The van der Waals surface area contributed by atoms with Crippen molar-refractivity contribution in [2.45, 2.75) is 46.7 Å². The number of anilines is 1. The van der Waals surface area contributed by atoms with Crippen LogP contribution >= 0.6 is 12.2 Å². The molecule has 0 heterocycles. The molecule has 0 aromatic heterocycles. The first-order valence-electron chi connectivity index (χ1n) is 7.88. The number of benzene rings is 1. The third-order valence-electron chi connectivity index (χ3n) is 3.08. The number of alkyl halides is 3. The number of thiocarbonyl (C=S) groups is 1. The average molecular weight is 359 g/mol. The topological polar surface area (TPSA) is 36.4 Å². The predicted octanol–water partition coefficient (Wildman–Crippen LogP) is 5.44. The van der Waals surface area contributed by atoms with E-state index in [0.717, 1.165) is 24.6 Å². The lowest BCUT2D eigenvalue weighted by Gasteiger charge is -2.15. The van der Waals surface area contributed by atoms with E-state index < -0.39 is 11.7 Å². The molecule has 0 atom stereocenters. The smallest absolute Gasteiger partial charge is 0.331 e. The fraction of sp³-hybridized carbons (Fsp3) is 0.529. The van der Waals surface area contributed by atoms with Crippen molar-refractivity contribution >= 4 is 28.7 Å². The molecule has 0 unspecified atom stereocenters. The number of rotatable bonds is 6. The summed E-state index contributed by atoms with van der Waals surface area (Å²) in [5.41, 5.74) is 2.76. The Hall–Kier alpha value is -1.63. The van der Waals surface area contributed by atoms with E-state index in [4.69, 9.17) is 12.2 Å². The van der Waals surface area contributed by atoms with E-state index in [9.17, 15) is 13.2 Å². The predicted molar refractivity (Wildman–Crippen MR) is 97.1 cm³/mol. The fourth-order valence-corrected chi connectivity index (χ4v) is 2.39. The highest BCUT2D eigenvalue weighted by Crippen LogP contribution is 2.34. The van der Waals surface area contributed by atoms with Crippen molar-refractivity contribution in [2.75, 3.05) is 5.32 Å². The zero-order chi connectivity index (χ0) is 18.3. The van der Waals surface area contributed by atoms with Crippen LogP contribution in [0.25, 0.3) is 0 Å². The van der Waals surface area contributed by atoms with Gasteiger partial charge in [0, 0.05) is 5.71 Å². The summed E-state index contributed by atoms with van der Waals surface area (Å²) in [4.78, 5) is 0. The van der Waals surface area contributed by atoms with Crippen LogP contribution in [0.1, 0.15) is 46.1 Å². The van der Waals surface area contributed by atoms with Gasteiger partial charge < -0.3 is 5.32 Å². The van der Waals surface area contributed by atoms with Gasteiger partial charge in [-0.2, -0.15) is 18.3 Å². The van der Waals surface area contributed by atoms with E-state index in [-0.39, 0.29) is 10.8 Å². The van der Waals surface area contributed by atoms with Crippen LogP contribution in [-0.4, -0.2) is 10.8 Å². The molecule has 1 aromatic rings. The van der Waals surface area contributed by atoms with Gasteiger partial charge in [0.25, 0.3) is 0 Å². The summed E-state index contributed by atoms with van der Waals surface area (Å²) >= 11 is 5.07. The molecule has 0 spiro atoms. The molecular formula is C17H24F3N3S. The molecule has 0 aliphatic rings. The van der Waals surface area contributed by atoms with Crippen molar-refractivity contribution in [2.24, 2.45) is 16.9 Å². The van der Waals surface area contributed by atoms with Crippen molar-refractivity contribution in [1.29, 1.82) is 0 Å². The summed E-state index contributed by atoms with van der Waals surface area (Å²) in [7, 11) is 0. The fourth-order valence-electron chi connectivity index (χ4n) is 2.24. The third-order valence-corrected chi connectivity index (χ3v) is 3.28. The molecule has 2 N–H and O–H groups in total. The molecule has 24 heavy (non-hydrogen) atoms. The Morgan fingerprint density at radius 2 is 1.62 bits per heavy atom. The van der Waals surface area contributed by atoms with Crippen LogP contribution in [0.2, 0.25) is 0 Å². The first-order chi connectivity index (χ1) is 11.1. The van der Waals surface area contributed by atoms with Crippen molar-refractivity contribution < 1.29 is 13.2 Å². The number of para-hydroxylation sites is 1. The van der Waals surface area contributed by atoms with Gasteiger partial charge in [0.15, 0.2) is 5.11 Å². The van der Waals surface area contributed by atoms with Crippen LogP contribution in [0.15, 0.2) is 29.4 Å². The number of hydrazone groups is 1. The van der Waals surface area contributed by atoms with Gasteiger partial charge in [0.2, 0.25) is 0 Å². The largest absolute Gasteiger partial charge is 0.418 e. The average Bonchev–Trinajstić information content (AvgIpc) is 2.43. The first-order valence-corrected chi connectivity index (χ1v) is 8.29. The van der Waals surface area contributed by atoms with E-state index in [0.29, 0.717) is 11.8 Å². The van der Waals surface area contributed by atoms with Crippen molar-refractivity contribution in [3.63, 3.8) is 0 Å². The Balaban J connectivity index is 2.80. The Kier molecular flexibility index (Phi) is 7.66. The second kappa shape index (κ2) is 9.01. The highest BCUT2D eigenvalue weighted by molar-refractivity contribution is 7.80. The summed E-state index contributed by atoms with van der Waals surface area (Å²) in [5.74, 6) is 0.883. The number of hydrogen-bond acceptors (Lipinski definition) is 2. The van der Waals surface area contributed by atoms with Crippen molar-refractivity contribution in [1.82, 2.24) is 5.43 Å². The minimum Gasteiger partial charge on any atom is -0.331 e. The van der Waals surface area contributed by atoms with Crippen LogP contribution in [0.5, 0.6) is 0 Å². The van der Waals surface area contributed by atoms with Gasteiger partial charge in [-0.1, -0.05) is 39.8 Å². The second-order valence-corrected chi connectivity index (χ2v) is 6.89. The Bertz CT molecular complexity index is 569. The highest BCUT2D eigenvalue weighted by atomic mass is 32.1. The second-order valence-electron chi connectivity index (χ2n) is 6.48. The summed E-state index contributed by atoms with van der Waals surface area (Å²) < 4.78 is 38.9.